The van der Waals surface area contributed by atoms with Crippen LogP contribution in [0.2, 0.25) is 0 Å². The highest BCUT2D eigenvalue weighted by molar-refractivity contribution is 7.12. The largest absolute Gasteiger partial charge is 0.496 e. The summed E-state index contributed by atoms with van der Waals surface area (Å²) in [6.07, 6.45) is 0. The molecule has 1 aromatic carbocycles. The van der Waals surface area contributed by atoms with Crippen molar-refractivity contribution < 1.29 is 4.74 Å². The number of nitrogens with two attached hydrogens (primary N) is 1. The van der Waals surface area contributed by atoms with Crippen molar-refractivity contribution in [3.63, 3.8) is 0 Å². The number of aryl methyl sites for hydroxylation is 2. The highest BCUT2D eigenvalue weighted by Crippen LogP contribution is 2.37. The molecule has 2 aromatic rings. The molecule has 1 aromatic heterocycles. The third kappa shape index (κ3) is 1.91. The lowest BCUT2D eigenvalue weighted by Gasteiger charge is -2.08. The zero-order valence-electron chi connectivity index (χ0n) is 9.70. The Kier molecular flexibility index (Phi) is 2.88. The Morgan fingerprint density at radius 3 is 2.44 bits per heavy atom. The molecule has 2 rings (SSSR count). The second-order valence-electron chi connectivity index (χ2n) is 3.79. The fourth-order valence-corrected chi connectivity index (χ4v) is 2.77. The minimum Gasteiger partial charge on any atom is -0.496 e. The molecular weight excluding hydrogens is 218 g/mol. The van der Waals surface area contributed by atoms with E-state index < -0.39 is 0 Å². The van der Waals surface area contributed by atoms with Crippen molar-refractivity contribution in [3.8, 4) is 16.9 Å². The molecule has 3 heteroatoms. The van der Waals surface area contributed by atoms with Crippen molar-refractivity contribution in [2.75, 3.05) is 12.8 Å². The van der Waals surface area contributed by atoms with E-state index >= 15 is 0 Å². The average Bonchev–Trinajstić information content (AvgIpc) is 2.57. The van der Waals surface area contributed by atoms with Crippen LogP contribution in [0, 0.1) is 13.8 Å². The van der Waals surface area contributed by atoms with Gasteiger partial charge in [0.2, 0.25) is 0 Å². The van der Waals surface area contributed by atoms with Gasteiger partial charge in [0.05, 0.1) is 7.11 Å². The minimum atomic E-state index is 0.763. The van der Waals surface area contributed by atoms with E-state index in [-0.39, 0.29) is 0 Å². The van der Waals surface area contributed by atoms with E-state index in [2.05, 4.69) is 19.9 Å². The zero-order chi connectivity index (χ0) is 11.7. The highest BCUT2D eigenvalue weighted by atomic mass is 32.1. The number of rotatable bonds is 2. The standard InChI is InChI=1S/C13H15NOS/c1-8-6-11(9(2)16-8)12-7-10(14)4-5-13(12)15-3/h4-7H,14H2,1-3H3. The summed E-state index contributed by atoms with van der Waals surface area (Å²) < 4.78 is 5.37. The quantitative estimate of drug-likeness (QED) is 0.804. The predicted octanol–water partition coefficient (Wildman–Crippen LogP) is 3.62. The normalized spacial score (nSPS) is 10.4. The van der Waals surface area contributed by atoms with Gasteiger partial charge in [-0.25, -0.2) is 0 Å². The van der Waals surface area contributed by atoms with Crippen molar-refractivity contribution in [3.05, 3.63) is 34.0 Å². The van der Waals surface area contributed by atoms with E-state index in [9.17, 15) is 0 Å². The Bertz CT molecular complexity index is 517. The number of thiophene rings is 1. The number of nitrogen functional groups attached to an aromatic ring is 1. The SMILES string of the molecule is COc1ccc(N)cc1-c1cc(C)sc1C. The highest BCUT2D eigenvalue weighted by Gasteiger charge is 2.11. The third-order valence-corrected chi connectivity index (χ3v) is 3.52. The topological polar surface area (TPSA) is 35.2 Å². The van der Waals surface area contributed by atoms with Crippen LogP contribution >= 0.6 is 11.3 Å². The van der Waals surface area contributed by atoms with Gasteiger partial charge in [-0.05, 0) is 43.7 Å². The molecule has 0 bridgehead atoms. The number of anilines is 1. The molecule has 16 heavy (non-hydrogen) atoms. The van der Waals surface area contributed by atoms with Gasteiger partial charge >= 0.3 is 0 Å². The molecule has 2 nitrogen and oxygen atoms in total. The maximum Gasteiger partial charge on any atom is 0.126 e. The molecule has 0 saturated carbocycles. The number of methoxy groups -OCH3 is 1. The van der Waals surface area contributed by atoms with Gasteiger partial charge in [-0.1, -0.05) is 0 Å². The fourth-order valence-electron chi connectivity index (χ4n) is 1.83. The summed E-state index contributed by atoms with van der Waals surface area (Å²) in [6.45, 7) is 4.23. The van der Waals surface area contributed by atoms with Crippen LogP contribution in [0.25, 0.3) is 11.1 Å². The molecular formula is C13H15NOS. The second kappa shape index (κ2) is 4.18. The molecule has 0 unspecified atom stereocenters. The molecule has 0 amide bonds. The lowest BCUT2D eigenvalue weighted by molar-refractivity contribution is 0.416. The van der Waals surface area contributed by atoms with E-state index in [1.165, 1.54) is 15.3 Å². The predicted molar refractivity (Wildman–Crippen MR) is 70.2 cm³/mol. The van der Waals surface area contributed by atoms with Gasteiger partial charge < -0.3 is 10.5 Å². The maximum absolute atomic E-state index is 5.82. The first-order chi connectivity index (χ1) is 7.61. The molecule has 0 atom stereocenters. The Morgan fingerprint density at radius 2 is 1.88 bits per heavy atom. The number of hydrogen-bond donors (Lipinski definition) is 1. The summed E-state index contributed by atoms with van der Waals surface area (Å²) in [4.78, 5) is 2.60. The van der Waals surface area contributed by atoms with E-state index in [4.69, 9.17) is 10.5 Å². The molecule has 0 spiro atoms. The molecule has 1 heterocycles. The van der Waals surface area contributed by atoms with E-state index in [1.807, 2.05) is 18.2 Å². The van der Waals surface area contributed by atoms with Crippen LogP contribution in [0.3, 0.4) is 0 Å². The second-order valence-corrected chi connectivity index (χ2v) is 5.25. The lowest BCUT2D eigenvalue weighted by Crippen LogP contribution is -1.91. The van der Waals surface area contributed by atoms with Crippen molar-refractivity contribution in [1.82, 2.24) is 0 Å². The first-order valence-electron chi connectivity index (χ1n) is 5.12. The summed E-state index contributed by atoms with van der Waals surface area (Å²) >= 11 is 1.79. The van der Waals surface area contributed by atoms with Crippen molar-refractivity contribution >= 4 is 17.0 Å². The van der Waals surface area contributed by atoms with Gasteiger partial charge in [0.25, 0.3) is 0 Å². The van der Waals surface area contributed by atoms with E-state index in [0.717, 1.165) is 17.0 Å². The van der Waals surface area contributed by atoms with Crippen LogP contribution in [0.5, 0.6) is 5.75 Å². The van der Waals surface area contributed by atoms with Gasteiger partial charge in [-0.2, -0.15) is 0 Å². The summed E-state index contributed by atoms with van der Waals surface area (Å²) in [5.41, 5.74) is 8.88. The van der Waals surface area contributed by atoms with Crippen LogP contribution in [-0.4, -0.2) is 7.11 Å². The summed E-state index contributed by atoms with van der Waals surface area (Å²) in [6, 6.07) is 7.92. The fraction of sp³-hybridized carbons (Fsp3) is 0.231. The first-order valence-corrected chi connectivity index (χ1v) is 5.94. The van der Waals surface area contributed by atoms with Crippen LogP contribution in [0.1, 0.15) is 9.75 Å². The first kappa shape index (κ1) is 11.0. The summed E-state index contributed by atoms with van der Waals surface area (Å²) in [5, 5.41) is 0. The minimum absolute atomic E-state index is 0.763. The number of hydrogen-bond acceptors (Lipinski definition) is 3. The molecule has 84 valence electrons. The van der Waals surface area contributed by atoms with Crippen LogP contribution < -0.4 is 10.5 Å². The average molecular weight is 233 g/mol. The molecule has 2 N–H and O–H groups in total. The van der Waals surface area contributed by atoms with Crippen molar-refractivity contribution in [2.45, 2.75) is 13.8 Å². The van der Waals surface area contributed by atoms with Crippen LogP contribution in [0.4, 0.5) is 5.69 Å². The van der Waals surface area contributed by atoms with E-state index in [1.54, 1.807) is 18.4 Å². The Hall–Kier alpha value is -1.48. The molecule has 0 aliphatic heterocycles. The Morgan fingerprint density at radius 1 is 1.12 bits per heavy atom. The summed E-state index contributed by atoms with van der Waals surface area (Å²) in [5.74, 6) is 0.870. The lowest BCUT2D eigenvalue weighted by atomic mass is 10.0. The van der Waals surface area contributed by atoms with Gasteiger partial charge in [-0.15, -0.1) is 11.3 Å². The molecule has 0 aliphatic rings. The number of ether oxygens (including phenoxy) is 1. The third-order valence-electron chi connectivity index (χ3n) is 2.55. The molecule has 0 radical (unpaired) electrons. The van der Waals surface area contributed by atoms with Crippen LogP contribution in [0.15, 0.2) is 24.3 Å². The maximum atomic E-state index is 5.82. The van der Waals surface area contributed by atoms with Crippen molar-refractivity contribution in [2.24, 2.45) is 0 Å². The monoisotopic (exact) mass is 233 g/mol. The smallest absolute Gasteiger partial charge is 0.126 e. The van der Waals surface area contributed by atoms with Crippen molar-refractivity contribution in [1.29, 1.82) is 0 Å². The van der Waals surface area contributed by atoms with E-state index in [0.29, 0.717) is 0 Å². The van der Waals surface area contributed by atoms with Gasteiger partial charge in [0.1, 0.15) is 5.75 Å². The summed E-state index contributed by atoms with van der Waals surface area (Å²) in [7, 11) is 1.68. The van der Waals surface area contributed by atoms with Gasteiger partial charge in [0, 0.05) is 21.0 Å². The zero-order valence-corrected chi connectivity index (χ0v) is 10.5. The van der Waals surface area contributed by atoms with Gasteiger partial charge in [-0.3, -0.25) is 0 Å². The Labute approximate surface area is 99.7 Å². The molecule has 0 aliphatic carbocycles. The van der Waals surface area contributed by atoms with Crippen LogP contribution in [-0.2, 0) is 0 Å². The Balaban J connectivity index is 2.62. The molecule has 0 fully saturated rings. The number of benzene rings is 1. The van der Waals surface area contributed by atoms with Gasteiger partial charge in [0.15, 0.2) is 0 Å². The molecule has 0 saturated heterocycles.